The van der Waals surface area contributed by atoms with Crippen molar-refractivity contribution in [3.63, 3.8) is 0 Å². The number of amides is 1. The van der Waals surface area contributed by atoms with E-state index in [0.29, 0.717) is 18.0 Å². The Hall–Kier alpha value is -2.28. The quantitative estimate of drug-likeness (QED) is 0.681. The van der Waals surface area contributed by atoms with Gasteiger partial charge in [-0.1, -0.05) is 0 Å². The first-order valence-electron chi connectivity index (χ1n) is 8.62. The fraction of sp³-hybridized carbons (Fsp3) is 0.350. The Balaban J connectivity index is 1.75. The van der Waals surface area contributed by atoms with Crippen molar-refractivity contribution in [2.45, 2.75) is 23.8 Å². The third-order valence-electron chi connectivity index (χ3n) is 4.61. The minimum atomic E-state index is -0.653. The number of benzene rings is 2. The molecule has 4 nitrogen and oxygen atoms in total. The molecule has 2 aromatic rings. The van der Waals surface area contributed by atoms with Gasteiger partial charge in [-0.3, -0.25) is 4.79 Å². The van der Waals surface area contributed by atoms with Crippen molar-refractivity contribution in [1.82, 2.24) is 4.90 Å². The number of thioether (sulfide) groups is 1. The minimum Gasteiger partial charge on any atom is -0.497 e. The highest BCUT2D eigenvalue weighted by Crippen LogP contribution is 2.39. The van der Waals surface area contributed by atoms with E-state index in [-0.39, 0.29) is 22.6 Å². The van der Waals surface area contributed by atoms with Crippen LogP contribution in [-0.2, 0) is 4.79 Å². The summed E-state index contributed by atoms with van der Waals surface area (Å²) in [4.78, 5) is 14.8. The molecule has 1 saturated heterocycles. The van der Waals surface area contributed by atoms with Gasteiger partial charge in [0.05, 0.1) is 26.0 Å². The van der Waals surface area contributed by atoms with Crippen LogP contribution < -0.4 is 9.47 Å². The summed E-state index contributed by atoms with van der Waals surface area (Å²) in [5.41, 5.74) is 0.903. The molecule has 0 aromatic heterocycles. The Kier molecular flexibility index (Phi) is 6.21. The van der Waals surface area contributed by atoms with Gasteiger partial charge in [-0.15, -0.1) is 11.8 Å². The van der Waals surface area contributed by atoms with E-state index in [1.54, 1.807) is 19.1 Å². The van der Waals surface area contributed by atoms with Crippen molar-refractivity contribution < 1.29 is 23.0 Å². The Morgan fingerprint density at radius 1 is 1.19 bits per heavy atom. The number of hydrogen-bond acceptors (Lipinski definition) is 4. The summed E-state index contributed by atoms with van der Waals surface area (Å²) in [6.07, 6.45) is 1.71. The van der Waals surface area contributed by atoms with Crippen molar-refractivity contribution in [3.8, 4) is 11.5 Å². The average Bonchev–Trinajstić information content (AvgIpc) is 3.16. The van der Waals surface area contributed by atoms with Gasteiger partial charge in [-0.2, -0.15) is 0 Å². The van der Waals surface area contributed by atoms with Crippen molar-refractivity contribution in [3.05, 3.63) is 53.6 Å². The second kappa shape index (κ2) is 8.61. The molecule has 1 atom stereocenters. The third-order valence-corrected chi connectivity index (χ3v) is 5.65. The highest BCUT2D eigenvalue weighted by Gasteiger charge is 2.32. The standard InChI is InChI=1S/C20H21F2NO3S/c1-25-14-6-7-18(26-2)15(11-14)17-4-3-9-23(17)20(24)12-27-19-8-5-13(21)10-16(19)22/h5-8,10-11,17H,3-4,9,12H2,1-2H3/t17-/m1/s1. The zero-order valence-electron chi connectivity index (χ0n) is 15.2. The monoisotopic (exact) mass is 393 g/mol. The molecule has 1 aliphatic heterocycles. The molecular weight excluding hydrogens is 372 g/mol. The molecule has 0 N–H and O–H groups in total. The lowest BCUT2D eigenvalue weighted by atomic mass is 10.0. The predicted octanol–water partition coefficient (Wildman–Crippen LogP) is 4.44. The molecule has 0 spiro atoms. The summed E-state index contributed by atoms with van der Waals surface area (Å²) >= 11 is 1.08. The van der Waals surface area contributed by atoms with Gasteiger partial charge in [-0.05, 0) is 43.2 Å². The Bertz CT molecular complexity index is 831. The van der Waals surface area contributed by atoms with Crippen LogP contribution in [0.5, 0.6) is 11.5 Å². The van der Waals surface area contributed by atoms with Crippen molar-refractivity contribution in [2.75, 3.05) is 26.5 Å². The predicted molar refractivity (Wildman–Crippen MR) is 100 cm³/mol. The number of likely N-dealkylation sites (tertiary alicyclic amines) is 1. The number of rotatable bonds is 6. The number of carbonyl (C=O) groups excluding carboxylic acids is 1. The normalized spacial score (nSPS) is 16.4. The summed E-state index contributed by atoms with van der Waals surface area (Å²) < 4.78 is 37.6. The molecule has 0 radical (unpaired) electrons. The largest absolute Gasteiger partial charge is 0.497 e. The van der Waals surface area contributed by atoms with E-state index in [4.69, 9.17) is 9.47 Å². The van der Waals surface area contributed by atoms with Gasteiger partial charge < -0.3 is 14.4 Å². The molecule has 1 heterocycles. The molecule has 1 fully saturated rings. The number of carbonyl (C=O) groups is 1. The summed E-state index contributed by atoms with van der Waals surface area (Å²) in [5.74, 6) is 0.126. The van der Waals surface area contributed by atoms with Gasteiger partial charge in [0.15, 0.2) is 0 Å². The van der Waals surface area contributed by atoms with Crippen LogP contribution in [0.3, 0.4) is 0 Å². The minimum absolute atomic E-state index is 0.0869. The summed E-state index contributed by atoms with van der Waals surface area (Å²) in [6.45, 7) is 0.635. The Labute approximate surface area is 161 Å². The maximum Gasteiger partial charge on any atom is 0.233 e. The van der Waals surface area contributed by atoms with Crippen LogP contribution in [0.1, 0.15) is 24.4 Å². The first kappa shape index (κ1) is 19.5. The maximum atomic E-state index is 13.8. The van der Waals surface area contributed by atoms with Crippen LogP contribution in [-0.4, -0.2) is 37.3 Å². The van der Waals surface area contributed by atoms with Crippen molar-refractivity contribution >= 4 is 17.7 Å². The van der Waals surface area contributed by atoms with Gasteiger partial charge in [0.1, 0.15) is 23.1 Å². The van der Waals surface area contributed by atoms with E-state index >= 15 is 0 Å². The van der Waals surface area contributed by atoms with Crippen LogP contribution in [0, 0.1) is 11.6 Å². The van der Waals surface area contributed by atoms with E-state index in [2.05, 4.69) is 0 Å². The molecular formula is C20H21F2NO3S. The highest BCUT2D eigenvalue weighted by molar-refractivity contribution is 8.00. The van der Waals surface area contributed by atoms with E-state index in [9.17, 15) is 13.6 Å². The first-order chi connectivity index (χ1) is 13.0. The number of ether oxygens (including phenoxy) is 2. The van der Waals surface area contributed by atoms with Crippen LogP contribution in [0.2, 0.25) is 0 Å². The molecule has 1 amide bonds. The van der Waals surface area contributed by atoms with Crippen LogP contribution in [0.4, 0.5) is 8.78 Å². The van der Waals surface area contributed by atoms with E-state index in [1.807, 2.05) is 18.2 Å². The SMILES string of the molecule is COc1ccc(OC)c([C@H]2CCCN2C(=O)CSc2ccc(F)cc2F)c1. The van der Waals surface area contributed by atoms with E-state index in [0.717, 1.165) is 36.2 Å². The lowest BCUT2D eigenvalue weighted by Gasteiger charge is -2.26. The molecule has 0 bridgehead atoms. The van der Waals surface area contributed by atoms with Crippen LogP contribution in [0.15, 0.2) is 41.3 Å². The van der Waals surface area contributed by atoms with Crippen LogP contribution >= 0.6 is 11.8 Å². The van der Waals surface area contributed by atoms with Crippen LogP contribution in [0.25, 0.3) is 0 Å². The van der Waals surface area contributed by atoms with Gasteiger partial charge in [0.2, 0.25) is 5.91 Å². The molecule has 1 aliphatic rings. The molecule has 144 valence electrons. The van der Waals surface area contributed by atoms with Crippen molar-refractivity contribution in [1.29, 1.82) is 0 Å². The number of hydrogen-bond donors (Lipinski definition) is 0. The lowest BCUT2D eigenvalue weighted by Crippen LogP contribution is -2.32. The third kappa shape index (κ3) is 4.35. The second-order valence-corrected chi connectivity index (χ2v) is 7.23. The fourth-order valence-corrected chi connectivity index (χ4v) is 4.11. The smallest absolute Gasteiger partial charge is 0.233 e. The van der Waals surface area contributed by atoms with E-state index < -0.39 is 11.6 Å². The molecule has 2 aromatic carbocycles. The molecule has 7 heteroatoms. The highest BCUT2D eigenvalue weighted by atomic mass is 32.2. The molecule has 3 rings (SSSR count). The molecule has 27 heavy (non-hydrogen) atoms. The molecule has 0 unspecified atom stereocenters. The molecule has 0 saturated carbocycles. The topological polar surface area (TPSA) is 38.8 Å². The second-order valence-electron chi connectivity index (χ2n) is 6.22. The first-order valence-corrected chi connectivity index (χ1v) is 9.61. The van der Waals surface area contributed by atoms with Gasteiger partial charge in [-0.25, -0.2) is 8.78 Å². The van der Waals surface area contributed by atoms with E-state index in [1.165, 1.54) is 12.1 Å². The Morgan fingerprint density at radius 2 is 2.00 bits per heavy atom. The summed E-state index contributed by atoms with van der Waals surface area (Å²) in [5, 5.41) is 0. The number of halogens is 2. The number of nitrogens with zero attached hydrogens (tertiary/aromatic N) is 1. The maximum absolute atomic E-state index is 13.8. The molecule has 0 aliphatic carbocycles. The van der Waals surface area contributed by atoms with Gasteiger partial charge >= 0.3 is 0 Å². The van der Waals surface area contributed by atoms with Crippen molar-refractivity contribution in [2.24, 2.45) is 0 Å². The lowest BCUT2D eigenvalue weighted by molar-refractivity contribution is -0.129. The summed E-state index contributed by atoms with van der Waals surface area (Å²) in [7, 11) is 3.19. The van der Waals surface area contributed by atoms with Gasteiger partial charge in [0.25, 0.3) is 0 Å². The fourth-order valence-electron chi connectivity index (χ4n) is 3.30. The Morgan fingerprint density at radius 3 is 2.70 bits per heavy atom. The van der Waals surface area contributed by atoms with Gasteiger partial charge in [0, 0.05) is 23.1 Å². The number of methoxy groups -OCH3 is 2. The zero-order chi connectivity index (χ0) is 19.4. The average molecular weight is 393 g/mol. The zero-order valence-corrected chi connectivity index (χ0v) is 16.0. The summed E-state index contributed by atoms with van der Waals surface area (Å²) in [6, 6.07) is 8.80.